The summed E-state index contributed by atoms with van der Waals surface area (Å²) >= 11 is 1.24. The highest BCUT2D eigenvalue weighted by molar-refractivity contribution is 7.17. The Bertz CT molecular complexity index is 711. The van der Waals surface area contributed by atoms with Crippen molar-refractivity contribution in [2.75, 3.05) is 37.6 Å². The maximum Gasteiger partial charge on any atom is 0.286 e. The van der Waals surface area contributed by atoms with Crippen molar-refractivity contribution in [1.82, 2.24) is 15.4 Å². The molecule has 1 aliphatic heterocycles. The van der Waals surface area contributed by atoms with Gasteiger partial charge in [-0.05, 0) is 0 Å². The number of carbonyl (C=O) groups excluding carboxylic acids is 2. The van der Waals surface area contributed by atoms with E-state index < -0.39 is 5.91 Å². The van der Waals surface area contributed by atoms with E-state index in [1.54, 1.807) is 5.48 Å². The predicted octanol–water partition coefficient (Wildman–Crippen LogP) is 1.27. The lowest BCUT2D eigenvalue weighted by atomic mass is 10.1. The highest BCUT2D eigenvalue weighted by atomic mass is 32.1. The number of thiazole rings is 1. The summed E-state index contributed by atoms with van der Waals surface area (Å²) < 4.78 is 0. The Labute approximate surface area is 143 Å². The molecule has 1 aromatic carbocycles. The van der Waals surface area contributed by atoms with Crippen LogP contribution in [0.2, 0.25) is 0 Å². The smallest absolute Gasteiger partial charge is 0.286 e. The number of benzene rings is 1. The molecule has 0 bridgehead atoms. The number of nitrogens with one attached hydrogen (secondary N) is 1. The van der Waals surface area contributed by atoms with Crippen LogP contribution in [0.3, 0.4) is 0 Å². The number of carbonyl (C=O) groups is 2. The molecule has 2 N–H and O–H groups in total. The maximum absolute atomic E-state index is 12.2. The van der Waals surface area contributed by atoms with Gasteiger partial charge >= 0.3 is 0 Å². The molecule has 2 aromatic rings. The van der Waals surface area contributed by atoms with Gasteiger partial charge in [0.05, 0.1) is 12.7 Å². The summed E-state index contributed by atoms with van der Waals surface area (Å²) in [6, 6.07) is 9.31. The van der Waals surface area contributed by atoms with E-state index in [4.69, 9.17) is 5.21 Å². The van der Waals surface area contributed by atoms with Gasteiger partial charge < -0.3 is 4.90 Å². The third-order valence-corrected chi connectivity index (χ3v) is 4.98. The van der Waals surface area contributed by atoms with Crippen LogP contribution in [-0.2, 0) is 0 Å². The SMILES string of the molecule is O=C(CN1CCN(c2ncc(C(=O)NO)s2)CC1)c1ccccc1. The fraction of sp³-hybridized carbons (Fsp3) is 0.312. The molecule has 8 heteroatoms. The van der Waals surface area contributed by atoms with Gasteiger partial charge in [-0.25, -0.2) is 10.5 Å². The quantitative estimate of drug-likeness (QED) is 0.482. The molecule has 1 aliphatic rings. The van der Waals surface area contributed by atoms with Crippen LogP contribution in [0.25, 0.3) is 0 Å². The number of piperazine rings is 1. The molecule has 0 unspecified atom stereocenters. The monoisotopic (exact) mass is 346 g/mol. The minimum Gasteiger partial charge on any atom is -0.346 e. The second-order valence-electron chi connectivity index (χ2n) is 5.50. The van der Waals surface area contributed by atoms with Gasteiger partial charge in [-0.3, -0.25) is 19.7 Å². The molecular formula is C16H18N4O3S. The van der Waals surface area contributed by atoms with Gasteiger partial charge in [0.25, 0.3) is 5.91 Å². The van der Waals surface area contributed by atoms with Gasteiger partial charge in [0.2, 0.25) is 0 Å². The first-order valence-electron chi connectivity index (χ1n) is 7.63. The number of ketones is 1. The Kier molecular flexibility index (Phi) is 5.19. The standard InChI is InChI=1S/C16H18N4O3S/c21-13(12-4-2-1-3-5-12)11-19-6-8-20(9-7-19)16-17-10-14(24-16)15(22)18-23/h1-5,10,23H,6-9,11H2,(H,18,22). The lowest BCUT2D eigenvalue weighted by Crippen LogP contribution is -2.48. The molecule has 0 radical (unpaired) electrons. The van der Waals surface area contributed by atoms with E-state index in [1.165, 1.54) is 17.5 Å². The van der Waals surface area contributed by atoms with Crippen molar-refractivity contribution in [2.45, 2.75) is 0 Å². The molecule has 1 fully saturated rings. The molecule has 126 valence electrons. The minimum absolute atomic E-state index is 0.125. The number of Topliss-reactive ketones (excluding diaryl/α,β-unsaturated/α-hetero) is 1. The number of hydrogen-bond acceptors (Lipinski definition) is 7. The number of hydroxylamine groups is 1. The second-order valence-corrected chi connectivity index (χ2v) is 6.51. The summed E-state index contributed by atoms with van der Waals surface area (Å²) in [6.45, 7) is 3.43. The summed E-state index contributed by atoms with van der Waals surface area (Å²) in [5.74, 6) is -0.425. The number of amides is 1. The zero-order valence-electron chi connectivity index (χ0n) is 13.0. The number of aromatic nitrogens is 1. The predicted molar refractivity (Wildman–Crippen MR) is 90.8 cm³/mol. The van der Waals surface area contributed by atoms with Gasteiger partial charge in [-0.2, -0.15) is 0 Å². The fourth-order valence-electron chi connectivity index (χ4n) is 2.59. The van der Waals surface area contributed by atoms with E-state index in [-0.39, 0.29) is 5.78 Å². The Balaban J connectivity index is 1.53. The summed E-state index contributed by atoms with van der Waals surface area (Å²) in [6.07, 6.45) is 1.46. The van der Waals surface area contributed by atoms with E-state index in [2.05, 4.69) is 14.8 Å². The van der Waals surface area contributed by atoms with Crippen LogP contribution in [0.15, 0.2) is 36.5 Å². The topological polar surface area (TPSA) is 85.8 Å². The summed E-state index contributed by atoms with van der Waals surface area (Å²) in [7, 11) is 0. The van der Waals surface area contributed by atoms with E-state index in [0.29, 0.717) is 11.4 Å². The Morgan fingerprint density at radius 3 is 2.54 bits per heavy atom. The molecule has 0 saturated carbocycles. The maximum atomic E-state index is 12.2. The van der Waals surface area contributed by atoms with Gasteiger partial charge in [0, 0.05) is 31.7 Å². The first kappa shape index (κ1) is 16.6. The second kappa shape index (κ2) is 7.52. The minimum atomic E-state index is -0.550. The van der Waals surface area contributed by atoms with E-state index in [1.807, 2.05) is 30.3 Å². The van der Waals surface area contributed by atoms with Gasteiger partial charge in [0.1, 0.15) is 4.88 Å². The highest BCUT2D eigenvalue weighted by Gasteiger charge is 2.22. The molecule has 24 heavy (non-hydrogen) atoms. The molecule has 1 saturated heterocycles. The molecule has 1 amide bonds. The number of rotatable bonds is 5. The Morgan fingerprint density at radius 1 is 1.17 bits per heavy atom. The van der Waals surface area contributed by atoms with Crippen LogP contribution < -0.4 is 10.4 Å². The zero-order chi connectivity index (χ0) is 16.9. The van der Waals surface area contributed by atoms with Crippen molar-refractivity contribution in [3.63, 3.8) is 0 Å². The Hall–Kier alpha value is -2.29. The normalized spacial score (nSPS) is 15.3. The van der Waals surface area contributed by atoms with Crippen molar-refractivity contribution < 1.29 is 14.8 Å². The summed E-state index contributed by atoms with van der Waals surface area (Å²) in [5, 5.41) is 9.40. The van der Waals surface area contributed by atoms with Crippen molar-refractivity contribution in [1.29, 1.82) is 0 Å². The molecule has 2 heterocycles. The lowest BCUT2D eigenvalue weighted by molar-refractivity contribution is 0.0710. The average molecular weight is 346 g/mol. The summed E-state index contributed by atoms with van der Waals surface area (Å²) in [5.41, 5.74) is 2.34. The van der Waals surface area contributed by atoms with Crippen molar-refractivity contribution in [2.24, 2.45) is 0 Å². The first-order valence-corrected chi connectivity index (χ1v) is 8.45. The molecule has 7 nitrogen and oxygen atoms in total. The van der Waals surface area contributed by atoms with Crippen LogP contribution in [0.4, 0.5) is 5.13 Å². The Morgan fingerprint density at radius 2 is 1.88 bits per heavy atom. The van der Waals surface area contributed by atoms with Crippen molar-refractivity contribution in [3.05, 3.63) is 47.0 Å². The third kappa shape index (κ3) is 3.78. The van der Waals surface area contributed by atoms with Crippen LogP contribution in [0.5, 0.6) is 0 Å². The number of nitrogens with zero attached hydrogens (tertiary/aromatic N) is 3. The van der Waals surface area contributed by atoms with Crippen LogP contribution >= 0.6 is 11.3 Å². The molecule has 0 spiro atoms. The third-order valence-electron chi connectivity index (χ3n) is 3.92. The van der Waals surface area contributed by atoms with E-state index >= 15 is 0 Å². The van der Waals surface area contributed by atoms with Gasteiger partial charge in [-0.15, -0.1) is 0 Å². The molecular weight excluding hydrogens is 328 g/mol. The fourth-order valence-corrected chi connectivity index (χ4v) is 3.44. The molecule has 3 rings (SSSR count). The van der Waals surface area contributed by atoms with E-state index in [9.17, 15) is 9.59 Å². The molecule has 0 atom stereocenters. The van der Waals surface area contributed by atoms with Crippen molar-refractivity contribution in [3.8, 4) is 0 Å². The van der Waals surface area contributed by atoms with Crippen molar-refractivity contribution >= 4 is 28.2 Å². The number of anilines is 1. The van der Waals surface area contributed by atoms with E-state index in [0.717, 1.165) is 36.9 Å². The average Bonchev–Trinajstić information content (AvgIpc) is 3.12. The summed E-state index contributed by atoms with van der Waals surface area (Å²) in [4.78, 5) is 32.4. The number of hydrogen-bond donors (Lipinski definition) is 2. The van der Waals surface area contributed by atoms with Crippen LogP contribution in [0, 0.1) is 0 Å². The van der Waals surface area contributed by atoms with Crippen LogP contribution in [-0.4, -0.2) is 59.5 Å². The van der Waals surface area contributed by atoms with Gasteiger partial charge in [0.15, 0.2) is 10.9 Å². The molecule has 0 aliphatic carbocycles. The highest BCUT2D eigenvalue weighted by Crippen LogP contribution is 2.23. The first-order chi connectivity index (χ1) is 11.7. The van der Waals surface area contributed by atoms with Gasteiger partial charge in [-0.1, -0.05) is 41.7 Å². The largest absolute Gasteiger partial charge is 0.346 e. The molecule has 1 aromatic heterocycles. The zero-order valence-corrected chi connectivity index (χ0v) is 13.8. The van der Waals surface area contributed by atoms with Crippen LogP contribution in [0.1, 0.15) is 20.0 Å². The lowest BCUT2D eigenvalue weighted by Gasteiger charge is -2.34.